The summed E-state index contributed by atoms with van der Waals surface area (Å²) in [6.07, 6.45) is 26.4. The van der Waals surface area contributed by atoms with Gasteiger partial charge >= 0.3 is 5.97 Å². The van der Waals surface area contributed by atoms with Gasteiger partial charge in [-0.2, -0.15) is 0 Å². The quantitative estimate of drug-likeness (QED) is 0.0725. The minimum absolute atomic E-state index is 0.339. The molecule has 0 saturated heterocycles. The van der Waals surface area contributed by atoms with Crippen LogP contribution in [0.1, 0.15) is 163 Å². The summed E-state index contributed by atoms with van der Waals surface area (Å²) in [6.45, 7) is 10.9. The van der Waals surface area contributed by atoms with Crippen LogP contribution < -0.4 is 5.73 Å². The molecule has 5 heteroatoms. The molecule has 0 amide bonds. The highest BCUT2D eigenvalue weighted by atomic mass is 16.6. The van der Waals surface area contributed by atoms with Gasteiger partial charge in [0.1, 0.15) is 12.1 Å². The lowest BCUT2D eigenvalue weighted by Gasteiger charge is -2.21. The number of nitrogens with two attached hydrogens (primary N) is 1. The van der Waals surface area contributed by atoms with Crippen LogP contribution in [0, 0.1) is 5.92 Å². The van der Waals surface area contributed by atoms with Crippen molar-refractivity contribution in [3.8, 4) is 0 Å². The van der Waals surface area contributed by atoms with Crippen LogP contribution in [-0.4, -0.2) is 44.5 Å². The summed E-state index contributed by atoms with van der Waals surface area (Å²) < 4.78 is 17.5. The zero-order chi connectivity index (χ0) is 28.1. The van der Waals surface area contributed by atoms with Crippen molar-refractivity contribution in [2.24, 2.45) is 11.7 Å². The van der Waals surface area contributed by atoms with Gasteiger partial charge in [0.25, 0.3) is 0 Å². The Bertz CT molecular complexity index is 458. The van der Waals surface area contributed by atoms with Crippen LogP contribution in [0.25, 0.3) is 0 Å². The second-order valence-electron chi connectivity index (χ2n) is 11.8. The molecule has 0 radical (unpaired) electrons. The van der Waals surface area contributed by atoms with E-state index in [1.54, 1.807) is 0 Å². The zero-order valence-electron chi connectivity index (χ0n) is 26.1. The van der Waals surface area contributed by atoms with Crippen molar-refractivity contribution in [1.82, 2.24) is 0 Å². The third kappa shape index (κ3) is 26.9. The number of esters is 1. The monoisotopic (exact) mass is 542 g/mol. The summed E-state index contributed by atoms with van der Waals surface area (Å²) in [5.41, 5.74) is 6.05. The third-order valence-corrected chi connectivity index (χ3v) is 7.20. The van der Waals surface area contributed by atoms with Gasteiger partial charge in [-0.3, -0.25) is 4.79 Å². The van der Waals surface area contributed by atoms with Crippen molar-refractivity contribution in [3.63, 3.8) is 0 Å². The topological polar surface area (TPSA) is 70.8 Å². The lowest BCUT2D eigenvalue weighted by Crippen LogP contribution is -2.38. The van der Waals surface area contributed by atoms with Crippen LogP contribution in [0.15, 0.2) is 0 Å². The molecule has 0 heterocycles. The first-order valence-corrected chi connectivity index (χ1v) is 16.6. The number of hydrogen-bond acceptors (Lipinski definition) is 5. The molecular formula is C33H67NO4. The molecule has 0 rings (SSSR count). The van der Waals surface area contributed by atoms with Crippen LogP contribution in [0.4, 0.5) is 0 Å². The maximum Gasteiger partial charge on any atom is 0.323 e. The fraction of sp³-hybridized carbons (Fsp3) is 0.970. The smallest absolute Gasteiger partial charge is 0.323 e. The highest BCUT2D eigenvalue weighted by molar-refractivity contribution is 5.75. The first kappa shape index (κ1) is 37.4. The normalized spacial score (nSPS) is 12.5. The van der Waals surface area contributed by atoms with Gasteiger partial charge in [-0.05, 0) is 25.2 Å². The Morgan fingerprint density at radius 3 is 1.26 bits per heavy atom. The second-order valence-corrected chi connectivity index (χ2v) is 11.8. The van der Waals surface area contributed by atoms with Gasteiger partial charge in [0, 0.05) is 13.2 Å². The van der Waals surface area contributed by atoms with Gasteiger partial charge in [-0.15, -0.1) is 0 Å². The number of unbranched alkanes of at least 4 members (excludes halogenated alkanes) is 18. The number of carbonyl (C=O) groups excluding carboxylic acids is 1. The molecule has 0 fully saturated rings. The van der Waals surface area contributed by atoms with Gasteiger partial charge in [0.15, 0.2) is 0 Å². The molecule has 0 saturated carbocycles. The summed E-state index contributed by atoms with van der Waals surface area (Å²) in [5.74, 6) is 0.0185. The summed E-state index contributed by atoms with van der Waals surface area (Å²) >= 11 is 0. The molecule has 5 nitrogen and oxygen atoms in total. The Hall–Kier alpha value is -0.650. The number of ether oxygens (including phenoxy) is 3. The molecule has 0 aromatic heterocycles. The number of rotatable bonds is 30. The minimum atomic E-state index is -0.582. The Balaban J connectivity index is 4.01. The van der Waals surface area contributed by atoms with E-state index in [-0.39, 0.29) is 12.1 Å². The molecule has 1 atom stereocenters. The molecule has 0 unspecified atom stereocenters. The fourth-order valence-electron chi connectivity index (χ4n) is 4.78. The molecule has 0 spiro atoms. The summed E-state index contributed by atoms with van der Waals surface area (Å²) in [7, 11) is 0. The van der Waals surface area contributed by atoms with E-state index in [2.05, 4.69) is 27.7 Å². The SMILES string of the molecule is CCCCCCCCCCCCOCC(COCCCCCCCCCCCC)OC(=O)[C@@H](N)CC(C)C. The van der Waals surface area contributed by atoms with Crippen molar-refractivity contribution < 1.29 is 19.0 Å². The van der Waals surface area contributed by atoms with Crippen LogP contribution in [0.5, 0.6) is 0 Å². The van der Waals surface area contributed by atoms with Gasteiger partial charge < -0.3 is 19.9 Å². The van der Waals surface area contributed by atoms with Crippen LogP contribution in [0.3, 0.4) is 0 Å². The molecule has 0 bridgehead atoms. The van der Waals surface area contributed by atoms with E-state index in [1.807, 2.05) is 0 Å². The molecule has 0 aromatic carbocycles. The second kappa shape index (κ2) is 29.3. The van der Waals surface area contributed by atoms with Crippen molar-refractivity contribution in [1.29, 1.82) is 0 Å². The Morgan fingerprint density at radius 2 is 0.921 bits per heavy atom. The first-order chi connectivity index (χ1) is 18.5. The van der Waals surface area contributed by atoms with Crippen molar-refractivity contribution >= 4 is 5.97 Å². The van der Waals surface area contributed by atoms with Crippen molar-refractivity contribution in [2.45, 2.75) is 175 Å². The predicted molar refractivity (Wildman–Crippen MR) is 163 cm³/mol. The summed E-state index contributed by atoms with van der Waals surface area (Å²) in [5, 5.41) is 0. The van der Waals surface area contributed by atoms with Gasteiger partial charge in [0.2, 0.25) is 0 Å². The average molecular weight is 542 g/mol. The first-order valence-electron chi connectivity index (χ1n) is 16.6. The lowest BCUT2D eigenvalue weighted by molar-refractivity contribution is -0.158. The maximum atomic E-state index is 12.5. The van der Waals surface area contributed by atoms with Crippen molar-refractivity contribution in [3.05, 3.63) is 0 Å². The molecule has 0 aliphatic rings. The standard InChI is InChI=1S/C33H67NO4/c1-5-7-9-11-13-15-17-19-21-23-25-36-28-31(38-33(35)32(34)27-30(3)4)29-37-26-24-22-20-18-16-14-12-10-8-6-2/h30-32H,5-29,34H2,1-4H3/t32-/m0/s1. The largest absolute Gasteiger partial charge is 0.456 e. The fourth-order valence-corrected chi connectivity index (χ4v) is 4.78. The van der Waals surface area contributed by atoms with Crippen LogP contribution in [0.2, 0.25) is 0 Å². The maximum absolute atomic E-state index is 12.5. The summed E-state index contributed by atoms with van der Waals surface area (Å²) in [6, 6.07) is -0.582. The Morgan fingerprint density at radius 1 is 0.579 bits per heavy atom. The van der Waals surface area contributed by atoms with E-state index in [0.717, 1.165) is 12.8 Å². The molecule has 0 aromatic rings. The van der Waals surface area contributed by atoms with E-state index >= 15 is 0 Å². The molecular weight excluding hydrogens is 474 g/mol. The van der Waals surface area contributed by atoms with Crippen molar-refractivity contribution in [2.75, 3.05) is 26.4 Å². The lowest BCUT2D eigenvalue weighted by atomic mass is 10.1. The summed E-state index contributed by atoms with van der Waals surface area (Å²) in [4.78, 5) is 12.5. The van der Waals surface area contributed by atoms with Gasteiger partial charge in [-0.25, -0.2) is 0 Å². The van der Waals surface area contributed by atoms with Crippen LogP contribution >= 0.6 is 0 Å². The van der Waals surface area contributed by atoms with Crippen LogP contribution in [-0.2, 0) is 19.0 Å². The third-order valence-electron chi connectivity index (χ3n) is 7.20. The zero-order valence-corrected chi connectivity index (χ0v) is 26.1. The van der Waals surface area contributed by atoms with E-state index in [9.17, 15) is 4.79 Å². The Labute approximate surface area is 237 Å². The average Bonchev–Trinajstić information content (AvgIpc) is 2.89. The predicted octanol–water partition coefficient (Wildman–Crippen LogP) is 9.15. The van der Waals surface area contributed by atoms with E-state index in [0.29, 0.717) is 38.8 Å². The molecule has 0 aliphatic carbocycles. The number of carbonyl (C=O) groups is 1. The molecule has 228 valence electrons. The molecule has 38 heavy (non-hydrogen) atoms. The van der Waals surface area contributed by atoms with Gasteiger partial charge in [-0.1, -0.05) is 143 Å². The highest BCUT2D eigenvalue weighted by Gasteiger charge is 2.21. The van der Waals surface area contributed by atoms with E-state index in [1.165, 1.54) is 116 Å². The molecule has 0 aliphatic heterocycles. The van der Waals surface area contributed by atoms with Gasteiger partial charge in [0.05, 0.1) is 13.2 Å². The minimum Gasteiger partial charge on any atom is -0.456 e. The Kier molecular flexibility index (Phi) is 28.8. The van der Waals surface area contributed by atoms with E-state index in [4.69, 9.17) is 19.9 Å². The highest BCUT2D eigenvalue weighted by Crippen LogP contribution is 2.12. The molecule has 2 N–H and O–H groups in total. The van der Waals surface area contributed by atoms with E-state index < -0.39 is 6.04 Å². The number of hydrogen-bond donors (Lipinski definition) is 1.